The minimum absolute atomic E-state index is 0.148. The van der Waals surface area contributed by atoms with Crippen LogP contribution >= 0.6 is 0 Å². The van der Waals surface area contributed by atoms with Crippen LogP contribution in [0.25, 0.3) is 0 Å². The number of ether oxygens (including phenoxy) is 2. The molecule has 2 saturated heterocycles. The number of para-hydroxylation sites is 2. The van der Waals surface area contributed by atoms with Crippen LogP contribution in [0.3, 0.4) is 0 Å². The van der Waals surface area contributed by atoms with Crippen molar-refractivity contribution in [2.75, 3.05) is 11.5 Å². The number of fused-ring (bicyclic) bond motifs is 3. The van der Waals surface area contributed by atoms with Crippen molar-refractivity contribution in [2.45, 2.75) is 18.6 Å². The highest BCUT2D eigenvalue weighted by Crippen LogP contribution is 2.58. The largest absolute Gasteiger partial charge is 0.492 e. The number of carbonyl (C=O) groups is 4. The Kier molecular flexibility index (Phi) is 4.91. The van der Waals surface area contributed by atoms with Gasteiger partial charge in [-0.25, -0.2) is 9.29 Å². The van der Waals surface area contributed by atoms with Crippen LogP contribution in [0.2, 0.25) is 0 Å². The zero-order valence-corrected chi connectivity index (χ0v) is 19.1. The van der Waals surface area contributed by atoms with Crippen molar-refractivity contribution in [1.29, 1.82) is 0 Å². The van der Waals surface area contributed by atoms with Crippen LogP contribution in [0.5, 0.6) is 5.75 Å². The summed E-state index contributed by atoms with van der Waals surface area (Å²) >= 11 is 0. The summed E-state index contributed by atoms with van der Waals surface area (Å²) in [5.41, 5.74) is -1.27. The third-order valence-electron chi connectivity index (χ3n) is 7.12. The molecule has 3 aliphatic rings. The van der Waals surface area contributed by atoms with Gasteiger partial charge in [0.05, 0.1) is 30.2 Å². The highest BCUT2D eigenvalue weighted by Gasteiger charge is 2.74. The van der Waals surface area contributed by atoms with Crippen molar-refractivity contribution in [3.8, 4) is 5.75 Å². The van der Waals surface area contributed by atoms with Crippen LogP contribution in [0.4, 0.5) is 10.1 Å². The summed E-state index contributed by atoms with van der Waals surface area (Å²) in [6, 6.07) is 18.1. The van der Waals surface area contributed by atoms with E-state index in [4.69, 9.17) is 9.47 Å². The van der Waals surface area contributed by atoms with Gasteiger partial charge in [0.2, 0.25) is 29.0 Å². The maximum Gasteiger partial charge on any atom is 0.241 e. The summed E-state index contributed by atoms with van der Waals surface area (Å²) in [4.78, 5) is 56.4. The Labute approximate surface area is 205 Å². The van der Waals surface area contributed by atoms with Crippen LogP contribution in [0, 0.1) is 17.7 Å². The third kappa shape index (κ3) is 2.82. The maximum absolute atomic E-state index is 14.0. The number of halogens is 1. The lowest BCUT2D eigenvalue weighted by molar-refractivity contribution is -0.127. The van der Waals surface area contributed by atoms with Crippen molar-refractivity contribution in [2.24, 2.45) is 11.8 Å². The smallest absolute Gasteiger partial charge is 0.241 e. The number of hydrogen-bond donors (Lipinski definition) is 0. The molecule has 3 atom stereocenters. The van der Waals surface area contributed by atoms with Gasteiger partial charge in [0.15, 0.2) is 0 Å². The van der Waals surface area contributed by atoms with E-state index in [1.807, 2.05) is 0 Å². The first kappa shape index (κ1) is 22.3. The molecule has 3 aromatic carbocycles. The maximum atomic E-state index is 14.0. The van der Waals surface area contributed by atoms with Gasteiger partial charge in [0.1, 0.15) is 11.6 Å². The second kappa shape index (κ2) is 7.93. The van der Waals surface area contributed by atoms with E-state index < -0.39 is 52.7 Å². The number of Topliss-reactive ketones (excluding diaryl/α,β-unsaturated/α-hetero) is 2. The third-order valence-corrected chi connectivity index (χ3v) is 7.12. The molecule has 0 radical (unpaired) electrons. The first-order chi connectivity index (χ1) is 17.4. The number of amides is 2. The lowest BCUT2D eigenvalue weighted by Crippen LogP contribution is -2.51. The Balaban J connectivity index is 1.54. The summed E-state index contributed by atoms with van der Waals surface area (Å²) in [5.74, 6) is -5.35. The van der Waals surface area contributed by atoms with Gasteiger partial charge in [-0.1, -0.05) is 48.5 Å². The van der Waals surface area contributed by atoms with E-state index in [-0.39, 0.29) is 16.8 Å². The first-order valence-electron chi connectivity index (χ1n) is 11.6. The zero-order valence-electron chi connectivity index (χ0n) is 19.1. The van der Waals surface area contributed by atoms with Gasteiger partial charge in [-0.15, -0.1) is 0 Å². The van der Waals surface area contributed by atoms with E-state index in [2.05, 4.69) is 0 Å². The summed E-state index contributed by atoms with van der Waals surface area (Å²) in [6.07, 6.45) is -1.11. The van der Waals surface area contributed by atoms with Crippen LogP contribution < -0.4 is 9.64 Å². The number of imide groups is 1. The number of benzene rings is 3. The standard InChI is InChI=1S/C28H20FNO6/c1-2-35-20-10-6-5-9-19(20)30-26(33)21-22(27(30)34)28(36-23(21)15-11-13-16(29)14-12-15)24(31)17-7-3-4-8-18(17)25(28)32/h3-14,21-23H,2H2,1H3/t21-,22+,23-/m0/s1. The molecule has 1 aliphatic carbocycles. The molecule has 36 heavy (non-hydrogen) atoms. The summed E-state index contributed by atoms with van der Waals surface area (Å²) < 4.78 is 25.5. The number of rotatable bonds is 4. The molecule has 3 aromatic rings. The molecular formula is C28H20FNO6. The van der Waals surface area contributed by atoms with Gasteiger partial charge >= 0.3 is 0 Å². The number of carbonyl (C=O) groups excluding carboxylic acids is 4. The summed E-state index contributed by atoms with van der Waals surface area (Å²) in [5, 5.41) is 0. The van der Waals surface area contributed by atoms with Crippen molar-refractivity contribution in [3.63, 3.8) is 0 Å². The Hall–Kier alpha value is -4.17. The highest BCUT2D eigenvalue weighted by molar-refractivity contribution is 6.37. The van der Waals surface area contributed by atoms with E-state index in [1.165, 1.54) is 36.4 Å². The van der Waals surface area contributed by atoms with Gasteiger partial charge < -0.3 is 9.47 Å². The molecule has 7 nitrogen and oxygen atoms in total. The van der Waals surface area contributed by atoms with Gasteiger partial charge in [0, 0.05) is 11.1 Å². The van der Waals surface area contributed by atoms with E-state index in [9.17, 15) is 23.6 Å². The topological polar surface area (TPSA) is 90.0 Å². The summed E-state index contributed by atoms with van der Waals surface area (Å²) in [7, 11) is 0. The number of ketones is 2. The van der Waals surface area contributed by atoms with Crippen molar-refractivity contribution in [1.82, 2.24) is 0 Å². The lowest BCUT2D eigenvalue weighted by atomic mass is 9.77. The van der Waals surface area contributed by atoms with Crippen molar-refractivity contribution >= 4 is 29.1 Å². The molecule has 2 amide bonds. The summed E-state index contributed by atoms with van der Waals surface area (Å²) in [6.45, 7) is 2.08. The molecule has 0 bridgehead atoms. The molecule has 2 fully saturated rings. The second-order valence-electron chi connectivity index (χ2n) is 8.95. The van der Waals surface area contributed by atoms with Crippen LogP contribution in [-0.2, 0) is 14.3 Å². The molecule has 8 heteroatoms. The Morgan fingerprint density at radius 1 is 0.861 bits per heavy atom. The first-order valence-corrected chi connectivity index (χ1v) is 11.6. The van der Waals surface area contributed by atoms with Gasteiger partial charge in [0.25, 0.3) is 0 Å². The Morgan fingerprint density at radius 3 is 2.11 bits per heavy atom. The van der Waals surface area contributed by atoms with E-state index >= 15 is 0 Å². The molecule has 2 aliphatic heterocycles. The second-order valence-corrected chi connectivity index (χ2v) is 8.95. The molecule has 0 aromatic heterocycles. The highest BCUT2D eigenvalue weighted by atomic mass is 19.1. The molecule has 180 valence electrons. The SMILES string of the molecule is CCOc1ccccc1N1C(=O)[C@@H]2[C@H](c3ccc(F)cc3)OC3(C(=O)c4ccccc4C3=O)[C@H]2C1=O. The van der Waals surface area contributed by atoms with E-state index in [0.717, 1.165) is 4.90 Å². The Morgan fingerprint density at radius 2 is 1.47 bits per heavy atom. The van der Waals surface area contributed by atoms with Crippen LogP contribution in [-0.4, -0.2) is 35.6 Å². The Bertz CT molecular complexity index is 1410. The molecule has 2 heterocycles. The average molecular weight is 485 g/mol. The van der Waals surface area contributed by atoms with Crippen molar-refractivity contribution in [3.05, 3.63) is 95.3 Å². The average Bonchev–Trinajstić information content (AvgIpc) is 3.45. The molecule has 1 spiro atoms. The predicted octanol–water partition coefficient (Wildman–Crippen LogP) is 3.92. The van der Waals surface area contributed by atoms with Crippen molar-refractivity contribution < 1.29 is 33.0 Å². The van der Waals surface area contributed by atoms with Crippen LogP contribution in [0.1, 0.15) is 39.3 Å². The minimum Gasteiger partial charge on any atom is -0.492 e. The number of nitrogens with zero attached hydrogens (tertiary/aromatic N) is 1. The quantitative estimate of drug-likeness (QED) is 0.411. The molecule has 0 saturated carbocycles. The number of hydrogen-bond acceptors (Lipinski definition) is 6. The van der Waals surface area contributed by atoms with Crippen LogP contribution in [0.15, 0.2) is 72.8 Å². The number of anilines is 1. The minimum atomic E-state index is -2.19. The lowest BCUT2D eigenvalue weighted by Gasteiger charge is -2.27. The fraction of sp³-hybridized carbons (Fsp3) is 0.214. The monoisotopic (exact) mass is 485 g/mol. The predicted molar refractivity (Wildman–Crippen MR) is 125 cm³/mol. The normalized spacial score (nSPS) is 23.9. The van der Waals surface area contributed by atoms with Gasteiger partial charge in [-0.05, 0) is 36.8 Å². The molecule has 0 unspecified atom stereocenters. The van der Waals surface area contributed by atoms with E-state index in [1.54, 1.807) is 43.3 Å². The fourth-order valence-corrected chi connectivity index (χ4v) is 5.63. The zero-order chi connectivity index (χ0) is 25.2. The van der Waals surface area contributed by atoms with Gasteiger partial charge in [-0.3, -0.25) is 19.2 Å². The molecular weight excluding hydrogens is 465 g/mol. The van der Waals surface area contributed by atoms with E-state index in [0.29, 0.717) is 17.9 Å². The molecule has 0 N–H and O–H groups in total. The fourth-order valence-electron chi connectivity index (χ4n) is 5.63. The molecule has 6 rings (SSSR count). The van der Waals surface area contributed by atoms with Gasteiger partial charge in [-0.2, -0.15) is 0 Å².